The van der Waals surface area contributed by atoms with Crippen LogP contribution in [0.3, 0.4) is 0 Å². The number of nitrogens with one attached hydrogen (secondary N) is 1. The van der Waals surface area contributed by atoms with Crippen molar-refractivity contribution in [2.75, 3.05) is 17.9 Å². The molecule has 1 N–H and O–H groups in total. The van der Waals surface area contributed by atoms with Crippen LogP contribution in [0.25, 0.3) is 0 Å². The lowest BCUT2D eigenvalue weighted by Gasteiger charge is -2.32. The van der Waals surface area contributed by atoms with Gasteiger partial charge in [-0.15, -0.1) is 0 Å². The Morgan fingerprint density at radius 3 is 2.00 bits per heavy atom. The van der Waals surface area contributed by atoms with Gasteiger partial charge in [-0.3, -0.25) is 13.9 Å². The first-order valence-electron chi connectivity index (χ1n) is 12.3. The van der Waals surface area contributed by atoms with Crippen molar-refractivity contribution in [2.24, 2.45) is 0 Å². The van der Waals surface area contributed by atoms with Crippen molar-refractivity contribution >= 4 is 27.5 Å². The maximum atomic E-state index is 13.8. The van der Waals surface area contributed by atoms with Crippen LogP contribution in [0, 0.1) is 6.92 Å². The molecule has 3 aromatic rings. The van der Waals surface area contributed by atoms with Gasteiger partial charge >= 0.3 is 0 Å². The van der Waals surface area contributed by atoms with Gasteiger partial charge in [0.1, 0.15) is 12.6 Å². The smallest absolute Gasteiger partial charge is 0.264 e. The zero-order valence-corrected chi connectivity index (χ0v) is 22.8. The average molecular weight is 522 g/mol. The molecule has 0 saturated carbocycles. The van der Waals surface area contributed by atoms with Crippen molar-refractivity contribution in [1.82, 2.24) is 10.2 Å². The molecule has 0 aliphatic heterocycles. The van der Waals surface area contributed by atoms with Gasteiger partial charge < -0.3 is 10.2 Å². The first-order chi connectivity index (χ1) is 17.5. The number of sulfonamides is 1. The van der Waals surface area contributed by atoms with Crippen LogP contribution in [-0.2, 0) is 26.2 Å². The van der Waals surface area contributed by atoms with Gasteiger partial charge in [0.05, 0.1) is 10.6 Å². The molecule has 196 valence electrons. The highest BCUT2D eigenvalue weighted by molar-refractivity contribution is 7.92. The van der Waals surface area contributed by atoms with Crippen LogP contribution in [0.2, 0.25) is 0 Å². The third-order valence-electron chi connectivity index (χ3n) is 6.35. The van der Waals surface area contributed by atoms with Gasteiger partial charge in [0.2, 0.25) is 11.8 Å². The minimum absolute atomic E-state index is 0.0906. The number of aryl methyl sites for hydroxylation is 1. The molecule has 3 rings (SSSR count). The number of nitrogens with zero attached hydrogens (tertiary/aromatic N) is 2. The van der Waals surface area contributed by atoms with Crippen LogP contribution in [0.4, 0.5) is 5.69 Å². The molecule has 3 aromatic carbocycles. The number of carbonyl (C=O) groups is 2. The Kier molecular flexibility index (Phi) is 9.10. The van der Waals surface area contributed by atoms with Gasteiger partial charge in [0, 0.05) is 13.6 Å². The number of amides is 2. The highest BCUT2D eigenvalue weighted by Gasteiger charge is 2.32. The Bertz CT molecular complexity index is 1310. The topological polar surface area (TPSA) is 86.8 Å². The van der Waals surface area contributed by atoms with Crippen molar-refractivity contribution in [3.63, 3.8) is 0 Å². The van der Waals surface area contributed by atoms with Crippen LogP contribution in [0.5, 0.6) is 0 Å². The van der Waals surface area contributed by atoms with E-state index in [1.54, 1.807) is 43.3 Å². The van der Waals surface area contributed by atoms with Crippen molar-refractivity contribution in [2.45, 2.75) is 51.1 Å². The molecular formula is C29H35N3O4S. The fourth-order valence-electron chi connectivity index (χ4n) is 3.96. The Labute approximate surface area is 220 Å². The predicted octanol–water partition coefficient (Wildman–Crippen LogP) is 4.48. The Balaban J connectivity index is 2.03. The average Bonchev–Trinajstić information content (AvgIpc) is 2.90. The molecular weight excluding hydrogens is 486 g/mol. The van der Waals surface area contributed by atoms with E-state index in [1.807, 2.05) is 49.4 Å². The molecule has 8 heteroatoms. The summed E-state index contributed by atoms with van der Waals surface area (Å²) in [5, 5.41) is 2.58. The van der Waals surface area contributed by atoms with E-state index in [1.165, 1.54) is 11.9 Å². The van der Waals surface area contributed by atoms with E-state index in [0.29, 0.717) is 5.69 Å². The molecule has 37 heavy (non-hydrogen) atoms. The predicted molar refractivity (Wildman–Crippen MR) is 147 cm³/mol. The van der Waals surface area contributed by atoms with Gasteiger partial charge in [0.15, 0.2) is 0 Å². The molecule has 0 fully saturated rings. The molecule has 0 unspecified atom stereocenters. The second-order valence-corrected chi connectivity index (χ2v) is 11.2. The highest BCUT2D eigenvalue weighted by atomic mass is 32.2. The van der Waals surface area contributed by atoms with E-state index in [4.69, 9.17) is 0 Å². The number of rotatable bonds is 10. The molecule has 0 bridgehead atoms. The lowest BCUT2D eigenvalue weighted by molar-refractivity contribution is -0.139. The molecule has 0 radical (unpaired) electrons. The maximum absolute atomic E-state index is 13.8. The third-order valence-corrected chi connectivity index (χ3v) is 8.13. The number of hydrogen-bond acceptors (Lipinski definition) is 4. The van der Waals surface area contributed by atoms with Crippen LogP contribution in [0.1, 0.15) is 43.4 Å². The zero-order chi connectivity index (χ0) is 27.2. The summed E-state index contributed by atoms with van der Waals surface area (Å²) in [4.78, 5) is 27.8. The van der Waals surface area contributed by atoms with Crippen molar-refractivity contribution in [1.29, 1.82) is 0 Å². The molecule has 7 nitrogen and oxygen atoms in total. The fraction of sp³-hybridized carbons (Fsp3) is 0.310. The SMILES string of the molecule is CNC(=O)[C@H](C)N(Cc1ccccc1)C(=O)CN(c1ccc(C(C)C)cc1)S(=O)(=O)c1ccc(C)cc1. The second kappa shape index (κ2) is 12.1. The maximum Gasteiger partial charge on any atom is 0.264 e. The van der Waals surface area contributed by atoms with E-state index >= 15 is 0 Å². The number of anilines is 1. The summed E-state index contributed by atoms with van der Waals surface area (Å²) in [6, 6.07) is 22.2. The summed E-state index contributed by atoms with van der Waals surface area (Å²) in [5.74, 6) is -0.547. The quantitative estimate of drug-likeness (QED) is 0.426. The van der Waals surface area contributed by atoms with Gasteiger partial charge in [0.25, 0.3) is 10.0 Å². The number of likely N-dealkylation sites (N-methyl/N-ethyl adjacent to an activating group) is 1. The lowest BCUT2D eigenvalue weighted by Crippen LogP contribution is -2.50. The zero-order valence-electron chi connectivity index (χ0n) is 22.0. The molecule has 1 atom stereocenters. The number of carbonyl (C=O) groups excluding carboxylic acids is 2. The van der Waals surface area contributed by atoms with Gasteiger partial charge in [-0.2, -0.15) is 0 Å². The third kappa shape index (κ3) is 6.77. The van der Waals surface area contributed by atoms with E-state index in [2.05, 4.69) is 19.2 Å². The van der Waals surface area contributed by atoms with Crippen LogP contribution in [-0.4, -0.2) is 44.8 Å². The minimum Gasteiger partial charge on any atom is -0.357 e. The summed E-state index contributed by atoms with van der Waals surface area (Å²) >= 11 is 0. The lowest BCUT2D eigenvalue weighted by atomic mass is 10.0. The van der Waals surface area contributed by atoms with E-state index in [9.17, 15) is 18.0 Å². The first kappa shape index (κ1) is 27.9. The summed E-state index contributed by atoms with van der Waals surface area (Å²) in [7, 11) is -2.56. The van der Waals surface area contributed by atoms with E-state index < -0.39 is 28.5 Å². The van der Waals surface area contributed by atoms with Gasteiger partial charge in [-0.25, -0.2) is 8.42 Å². The molecule has 0 aromatic heterocycles. The Morgan fingerprint density at radius 1 is 0.865 bits per heavy atom. The summed E-state index contributed by atoms with van der Waals surface area (Å²) < 4.78 is 28.8. The van der Waals surface area contributed by atoms with Gasteiger partial charge in [-0.1, -0.05) is 74.0 Å². The van der Waals surface area contributed by atoms with Crippen molar-refractivity contribution in [3.05, 3.63) is 95.6 Å². The Hall–Kier alpha value is -3.65. The molecule has 2 amide bonds. The molecule has 0 saturated heterocycles. The summed E-state index contributed by atoms with van der Waals surface area (Å²) in [5.41, 5.74) is 3.20. The largest absolute Gasteiger partial charge is 0.357 e. The first-order valence-corrected chi connectivity index (χ1v) is 13.7. The van der Waals surface area contributed by atoms with Crippen LogP contribution < -0.4 is 9.62 Å². The van der Waals surface area contributed by atoms with Gasteiger partial charge in [-0.05, 0) is 55.2 Å². The molecule has 0 spiro atoms. The molecule has 0 aliphatic carbocycles. The van der Waals surface area contributed by atoms with E-state index in [-0.39, 0.29) is 23.3 Å². The van der Waals surface area contributed by atoms with Crippen molar-refractivity contribution < 1.29 is 18.0 Å². The standard InChI is InChI=1S/C29H35N3O4S/c1-21(2)25-13-15-26(16-14-25)32(37(35,36)27-17-11-22(3)12-18-27)20-28(33)31(23(4)29(34)30-5)19-24-9-7-6-8-10-24/h6-18,21,23H,19-20H2,1-5H3,(H,30,34)/t23-/m0/s1. The summed E-state index contributed by atoms with van der Waals surface area (Å²) in [6.45, 7) is 7.34. The second-order valence-electron chi connectivity index (χ2n) is 9.37. The monoisotopic (exact) mass is 521 g/mol. The van der Waals surface area contributed by atoms with Crippen LogP contribution in [0.15, 0.2) is 83.8 Å². The van der Waals surface area contributed by atoms with Crippen LogP contribution >= 0.6 is 0 Å². The number of benzene rings is 3. The summed E-state index contributed by atoms with van der Waals surface area (Å²) in [6.07, 6.45) is 0. The molecule has 0 aliphatic rings. The minimum atomic E-state index is -4.07. The highest BCUT2D eigenvalue weighted by Crippen LogP contribution is 2.27. The molecule has 0 heterocycles. The normalized spacial score (nSPS) is 12.2. The number of hydrogen-bond donors (Lipinski definition) is 1. The fourth-order valence-corrected chi connectivity index (χ4v) is 5.38. The van der Waals surface area contributed by atoms with E-state index in [0.717, 1.165) is 21.0 Å². The Morgan fingerprint density at radius 2 is 1.46 bits per heavy atom. The van der Waals surface area contributed by atoms with Crippen molar-refractivity contribution in [3.8, 4) is 0 Å².